The van der Waals surface area contributed by atoms with Gasteiger partial charge < -0.3 is 19.9 Å². The normalized spacial score (nSPS) is 11.0. The minimum Gasteiger partial charge on any atom is -0.456 e. The number of rotatable bonds is 4. The lowest BCUT2D eigenvalue weighted by atomic mass is 10.1. The highest BCUT2D eigenvalue weighted by molar-refractivity contribution is 6.36. The number of nitrogen functional groups attached to an aromatic ring is 1. The van der Waals surface area contributed by atoms with Gasteiger partial charge in [0.05, 0.1) is 15.7 Å². The maximum Gasteiger partial charge on any atom is 0.358 e. The zero-order chi connectivity index (χ0) is 24.5. The van der Waals surface area contributed by atoms with Gasteiger partial charge in [0.2, 0.25) is 6.79 Å². The molecule has 1 aromatic heterocycles. The van der Waals surface area contributed by atoms with Crippen LogP contribution in [0.5, 0.6) is 11.5 Å². The summed E-state index contributed by atoms with van der Waals surface area (Å²) in [6, 6.07) is 12.0. The van der Waals surface area contributed by atoms with Crippen LogP contribution < -0.4 is 15.2 Å². The molecular weight excluding hydrogens is 470 g/mol. The maximum atomic E-state index is 14.9. The van der Waals surface area contributed by atoms with Gasteiger partial charge in [0.15, 0.2) is 23.0 Å². The van der Waals surface area contributed by atoms with Crippen LogP contribution in [0.15, 0.2) is 42.5 Å². The van der Waals surface area contributed by atoms with Crippen molar-refractivity contribution in [2.45, 2.75) is 34.3 Å². The smallest absolute Gasteiger partial charge is 0.358 e. The minimum absolute atomic E-state index is 0.00239. The van der Waals surface area contributed by atoms with E-state index in [0.29, 0.717) is 5.02 Å². The van der Waals surface area contributed by atoms with Crippen LogP contribution >= 0.6 is 23.2 Å². The number of hydrogen-bond acceptors (Lipinski definition) is 6. The summed E-state index contributed by atoms with van der Waals surface area (Å²) in [5.41, 5.74) is 5.83. The third kappa shape index (κ3) is 5.67. The summed E-state index contributed by atoms with van der Waals surface area (Å²) in [6.07, 6.45) is 0. The predicted octanol–water partition coefficient (Wildman–Crippen LogP) is 6.91. The molecule has 0 unspecified atom stereocenters. The zero-order valence-corrected chi connectivity index (χ0v) is 20.3. The number of halogens is 3. The Morgan fingerprint density at radius 2 is 1.70 bits per heavy atom. The molecule has 1 aliphatic heterocycles. The molecule has 0 amide bonds. The highest BCUT2D eigenvalue weighted by atomic mass is 35.5. The van der Waals surface area contributed by atoms with Gasteiger partial charge in [-0.2, -0.15) is 0 Å². The van der Waals surface area contributed by atoms with E-state index in [2.05, 4.69) is 4.98 Å². The molecule has 9 heteroatoms. The molecule has 0 saturated carbocycles. The molecule has 0 saturated heterocycles. The number of anilines is 1. The van der Waals surface area contributed by atoms with Gasteiger partial charge in [-0.15, -0.1) is 0 Å². The fourth-order valence-electron chi connectivity index (χ4n) is 2.82. The number of fused-ring (bicyclic) bond motifs is 1. The van der Waals surface area contributed by atoms with Gasteiger partial charge in [-0.05, 0) is 17.7 Å². The molecule has 2 aromatic carbocycles. The molecular formula is C24H25Cl2FN2O4. The van der Waals surface area contributed by atoms with E-state index in [1.807, 2.05) is 45.9 Å². The third-order valence-electron chi connectivity index (χ3n) is 4.24. The van der Waals surface area contributed by atoms with E-state index in [9.17, 15) is 9.18 Å². The molecule has 0 bridgehead atoms. The van der Waals surface area contributed by atoms with E-state index in [4.69, 9.17) is 43.1 Å². The number of hydrogen-bond donors (Lipinski definition) is 1. The fraction of sp³-hybridized carbons (Fsp3) is 0.250. The topological polar surface area (TPSA) is 83.7 Å². The lowest BCUT2D eigenvalue weighted by Crippen LogP contribution is -2.12. The number of nitrogens with zero attached hydrogens (tertiary/aromatic N) is 1. The van der Waals surface area contributed by atoms with Crippen LogP contribution in [0.4, 0.5) is 10.1 Å². The Morgan fingerprint density at radius 3 is 2.36 bits per heavy atom. The van der Waals surface area contributed by atoms with Crippen LogP contribution in [0.25, 0.3) is 11.3 Å². The Bertz CT molecular complexity index is 1110. The Hall–Kier alpha value is -3.03. The van der Waals surface area contributed by atoms with Gasteiger partial charge in [0.1, 0.15) is 12.3 Å². The van der Waals surface area contributed by atoms with E-state index in [1.165, 1.54) is 12.1 Å². The predicted molar refractivity (Wildman–Crippen MR) is 128 cm³/mol. The number of pyridine rings is 1. The van der Waals surface area contributed by atoms with Gasteiger partial charge in [-0.3, -0.25) is 0 Å². The van der Waals surface area contributed by atoms with E-state index in [0.717, 1.165) is 5.56 Å². The molecule has 1 aliphatic rings. The lowest BCUT2D eigenvalue weighted by molar-refractivity contribution is 0.0466. The number of ether oxygens (including phenoxy) is 3. The summed E-state index contributed by atoms with van der Waals surface area (Å²) in [7, 11) is 0. The number of nitrogens with two attached hydrogens (primary N) is 1. The van der Waals surface area contributed by atoms with E-state index in [1.54, 1.807) is 12.1 Å². The van der Waals surface area contributed by atoms with Crippen molar-refractivity contribution < 1.29 is 23.4 Å². The summed E-state index contributed by atoms with van der Waals surface area (Å²) in [5.74, 6) is -1.27. The molecule has 0 radical (unpaired) electrons. The van der Waals surface area contributed by atoms with Crippen molar-refractivity contribution in [2.75, 3.05) is 12.5 Å². The first-order valence-electron chi connectivity index (χ1n) is 10.4. The number of aromatic nitrogens is 1. The molecule has 0 fully saturated rings. The Labute approximate surface area is 202 Å². The van der Waals surface area contributed by atoms with Gasteiger partial charge in [-0.1, -0.05) is 81.2 Å². The number of carbonyl (C=O) groups is 1. The molecule has 4 rings (SSSR count). The molecule has 3 aromatic rings. The highest BCUT2D eigenvalue weighted by Crippen LogP contribution is 2.47. The fourth-order valence-corrected chi connectivity index (χ4v) is 3.22. The Balaban J connectivity index is 0.000000914. The second-order valence-electron chi connectivity index (χ2n) is 6.07. The van der Waals surface area contributed by atoms with Crippen LogP contribution in [0.2, 0.25) is 10.0 Å². The van der Waals surface area contributed by atoms with Gasteiger partial charge in [-0.25, -0.2) is 14.2 Å². The van der Waals surface area contributed by atoms with Crippen molar-refractivity contribution in [3.8, 4) is 22.8 Å². The van der Waals surface area contributed by atoms with Crippen molar-refractivity contribution in [1.82, 2.24) is 4.98 Å². The summed E-state index contributed by atoms with van der Waals surface area (Å²) in [4.78, 5) is 16.6. The number of carbonyl (C=O) groups excluding carboxylic acids is 1. The van der Waals surface area contributed by atoms with Gasteiger partial charge in [0, 0.05) is 5.56 Å². The monoisotopic (exact) mass is 494 g/mol. The van der Waals surface area contributed by atoms with E-state index >= 15 is 0 Å². The molecule has 2 heterocycles. The maximum absolute atomic E-state index is 14.9. The average Bonchev–Trinajstić information content (AvgIpc) is 3.36. The lowest BCUT2D eigenvalue weighted by Gasteiger charge is -2.13. The SMILES string of the molecule is CC.CC.Nc1c(F)c(-c2ccc(Cl)c3c2OCO3)nc(C(=O)OCc2ccccc2)c1Cl. The summed E-state index contributed by atoms with van der Waals surface area (Å²) in [6.45, 7) is 7.92. The molecule has 6 nitrogen and oxygen atoms in total. The summed E-state index contributed by atoms with van der Waals surface area (Å²) in [5, 5.41) is -0.0295. The molecule has 0 spiro atoms. The van der Waals surface area contributed by atoms with Crippen molar-refractivity contribution in [3.63, 3.8) is 0 Å². The van der Waals surface area contributed by atoms with E-state index < -0.39 is 17.5 Å². The first-order chi connectivity index (χ1) is 16.0. The van der Waals surface area contributed by atoms with Gasteiger partial charge >= 0.3 is 5.97 Å². The zero-order valence-electron chi connectivity index (χ0n) is 18.7. The van der Waals surface area contributed by atoms with Crippen LogP contribution in [0.1, 0.15) is 43.7 Å². The van der Waals surface area contributed by atoms with Crippen LogP contribution in [0, 0.1) is 5.82 Å². The van der Waals surface area contributed by atoms with Crippen LogP contribution in [0.3, 0.4) is 0 Å². The first-order valence-corrected chi connectivity index (χ1v) is 11.2. The van der Waals surface area contributed by atoms with E-state index in [-0.39, 0.29) is 46.9 Å². The second-order valence-corrected chi connectivity index (χ2v) is 6.86. The molecule has 2 N–H and O–H groups in total. The standard InChI is InChI=1S/C20H13Cl2FN2O4.2C2H6/c21-12-7-6-11(18-19(12)29-9-28-18)16-14(23)15(24)13(22)17(25-16)20(26)27-8-10-4-2-1-3-5-10;2*1-2/h1-7H,8-9H2,(H2,24,25);2*1-2H3. The van der Waals surface area contributed by atoms with Gasteiger partial charge in [0.25, 0.3) is 0 Å². The molecule has 176 valence electrons. The van der Waals surface area contributed by atoms with Crippen molar-refractivity contribution >= 4 is 34.9 Å². The van der Waals surface area contributed by atoms with Crippen molar-refractivity contribution in [2.24, 2.45) is 0 Å². The second kappa shape index (κ2) is 12.3. The van der Waals surface area contributed by atoms with Crippen molar-refractivity contribution in [3.05, 3.63) is 69.6 Å². The van der Waals surface area contributed by atoms with Crippen LogP contribution in [-0.4, -0.2) is 17.7 Å². The Morgan fingerprint density at radius 1 is 1.06 bits per heavy atom. The largest absolute Gasteiger partial charge is 0.456 e. The molecule has 0 atom stereocenters. The average molecular weight is 495 g/mol. The molecule has 0 aliphatic carbocycles. The first kappa shape index (κ1) is 26.2. The summed E-state index contributed by atoms with van der Waals surface area (Å²) < 4.78 is 30.8. The summed E-state index contributed by atoms with van der Waals surface area (Å²) >= 11 is 12.1. The number of esters is 1. The van der Waals surface area contributed by atoms with Crippen LogP contribution in [-0.2, 0) is 11.3 Å². The third-order valence-corrected chi connectivity index (χ3v) is 4.92. The number of benzene rings is 2. The molecule has 33 heavy (non-hydrogen) atoms. The van der Waals surface area contributed by atoms with Crippen molar-refractivity contribution in [1.29, 1.82) is 0 Å². The minimum atomic E-state index is -0.894. The highest BCUT2D eigenvalue weighted by Gasteiger charge is 2.28. The Kier molecular flexibility index (Phi) is 9.75. The quantitative estimate of drug-likeness (QED) is 0.396.